The zero-order chi connectivity index (χ0) is 27.6. The van der Waals surface area contributed by atoms with Crippen molar-refractivity contribution in [3.05, 3.63) is 107 Å². The first-order valence-electron chi connectivity index (χ1n) is 13.7. The van der Waals surface area contributed by atoms with Crippen LogP contribution in [0, 0.1) is 23.4 Å². The van der Waals surface area contributed by atoms with Crippen LogP contribution in [0.5, 0.6) is 0 Å². The lowest BCUT2D eigenvalue weighted by molar-refractivity contribution is -0.130. The Kier molecular flexibility index (Phi) is 7.89. The van der Waals surface area contributed by atoms with Gasteiger partial charge in [0.1, 0.15) is 23.3 Å². The molecule has 1 saturated heterocycles. The molecule has 2 aliphatic rings. The highest BCUT2D eigenvalue weighted by molar-refractivity contribution is 6.11. The van der Waals surface area contributed by atoms with Gasteiger partial charge in [-0.25, -0.2) is 18.2 Å². The molecule has 3 aromatic carbocycles. The van der Waals surface area contributed by atoms with Gasteiger partial charge in [0, 0.05) is 12.5 Å². The summed E-state index contributed by atoms with van der Waals surface area (Å²) < 4.78 is 40.9. The highest BCUT2D eigenvalue weighted by atomic mass is 19.1. The molecular weight excluding hydrogens is 499 g/mol. The predicted molar refractivity (Wildman–Crippen MR) is 147 cm³/mol. The topological polar surface area (TPSA) is 35.9 Å². The Morgan fingerprint density at radius 1 is 0.795 bits per heavy atom. The Morgan fingerprint density at radius 3 is 1.77 bits per heavy atom. The van der Waals surface area contributed by atoms with Gasteiger partial charge in [-0.1, -0.05) is 50.2 Å². The van der Waals surface area contributed by atoms with Crippen LogP contribution in [-0.4, -0.2) is 47.7 Å². The standard InChI is InChI=1S/C32H34F3N3O/c1-22(2)30-36-32(25-6-12-28(34)13-7-25,26-8-14-29(35)15-9-26)31(39)38(30)19-3-18-37-20-16-24(17-21-37)23-4-10-27(33)11-5-23/h4-15,22,24H,3,16-21H2,1-2H3. The van der Waals surface area contributed by atoms with Gasteiger partial charge in [0.05, 0.1) is 0 Å². The minimum absolute atomic E-state index is 0.0109. The fourth-order valence-electron chi connectivity index (χ4n) is 5.84. The van der Waals surface area contributed by atoms with Gasteiger partial charge in [-0.2, -0.15) is 0 Å². The summed E-state index contributed by atoms with van der Waals surface area (Å²) in [5, 5.41) is 0. The fraction of sp³-hybridized carbons (Fsp3) is 0.375. The molecule has 0 spiro atoms. The van der Waals surface area contributed by atoms with Crippen molar-refractivity contribution < 1.29 is 18.0 Å². The fourth-order valence-corrected chi connectivity index (χ4v) is 5.84. The summed E-state index contributed by atoms with van der Waals surface area (Å²) in [5.74, 6) is -0.0852. The zero-order valence-corrected chi connectivity index (χ0v) is 22.4. The first-order chi connectivity index (χ1) is 18.8. The maximum atomic E-state index is 14.2. The van der Waals surface area contributed by atoms with E-state index in [2.05, 4.69) is 4.90 Å². The van der Waals surface area contributed by atoms with Gasteiger partial charge in [-0.05, 0) is 97.9 Å². The summed E-state index contributed by atoms with van der Waals surface area (Å²) in [6, 6.07) is 18.5. The number of carbonyl (C=O) groups excluding carboxylic acids is 1. The summed E-state index contributed by atoms with van der Waals surface area (Å²) in [4.78, 5) is 23.4. The van der Waals surface area contributed by atoms with Crippen molar-refractivity contribution in [3.8, 4) is 0 Å². The number of aliphatic imine (C=N–C) groups is 1. The van der Waals surface area contributed by atoms with Crippen LogP contribution in [0.4, 0.5) is 13.2 Å². The van der Waals surface area contributed by atoms with Crippen LogP contribution < -0.4 is 0 Å². The Labute approximate surface area is 228 Å². The Hall–Kier alpha value is -3.45. The van der Waals surface area contributed by atoms with Crippen LogP contribution in [0.1, 0.15) is 55.7 Å². The minimum atomic E-state index is -1.38. The van der Waals surface area contributed by atoms with Gasteiger partial charge >= 0.3 is 0 Å². The molecule has 0 bridgehead atoms. The van der Waals surface area contributed by atoms with Crippen molar-refractivity contribution in [2.75, 3.05) is 26.2 Å². The number of piperidine rings is 1. The lowest BCUT2D eigenvalue weighted by Gasteiger charge is -2.33. The summed E-state index contributed by atoms with van der Waals surface area (Å²) in [6.07, 6.45) is 2.82. The van der Waals surface area contributed by atoms with Crippen LogP contribution in [0.25, 0.3) is 0 Å². The normalized spacial score (nSPS) is 18.2. The number of amides is 1. The summed E-state index contributed by atoms with van der Waals surface area (Å²) >= 11 is 0. The molecule has 1 amide bonds. The molecule has 1 fully saturated rings. The van der Waals surface area contributed by atoms with E-state index in [1.165, 1.54) is 42.0 Å². The number of nitrogens with zero attached hydrogens (tertiary/aromatic N) is 3. The molecule has 4 nitrogen and oxygen atoms in total. The largest absolute Gasteiger partial charge is 0.303 e. The maximum Gasteiger partial charge on any atom is 0.265 e. The first kappa shape index (κ1) is 27.1. The monoisotopic (exact) mass is 533 g/mol. The summed E-state index contributed by atoms with van der Waals surface area (Å²) in [7, 11) is 0. The van der Waals surface area contributed by atoms with E-state index in [1.54, 1.807) is 29.2 Å². The van der Waals surface area contributed by atoms with Crippen LogP contribution in [0.3, 0.4) is 0 Å². The second kappa shape index (κ2) is 11.3. The van der Waals surface area contributed by atoms with E-state index in [4.69, 9.17) is 4.99 Å². The second-order valence-corrected chi connectivity index (χ2v) is 10.8. The van der Waals surface area contributed by atoms with Crippen LogP contribution in [0.15, 0.2) is 77.8 Å². The van der Waals surface area contributed by atoms with Gasteiger partial charge in [0.15, 0.2) is 5.54 Å². The molecule has 2 heterocycles. The van der Waals surface area contributed by atoms with Crippen molar-refractivity contribution in [2.24, 2.45) is 10.9 Å². The molecule has 3 aromatic rings. The molecule has 0 aliphatic carbocycles. The van der Waals surface area contributed by atoms with Gasteiger partial charge in [0.2, 0.25) is 0 Å². The van der Waals surface area contributed by atoms with E-state index in [-0.39, 0.29) is 17.6 Å². The van der Waals surface area contributed by atoms with E-state index >= 15 is 0 Å². The van der Waals surface area contributed by atoms with Crippen LogP contribution in [-0.2, 0) is 10.3 Å². The maximum absolute atomic E-state index is 14.2. The molecular formula is C32H34F3N3O. The number of hydrogen-bond acceptors (Lipinski definition) is 3. The number of carbonyl (C=O) groups is 1. The average Bonchev–Trinajstić information content (AvgIpc) is 3.23. The van der Waals surface area contributed by atoms with E-state index in [9.17, 15) is 18.0 Å². The lowest BCUT2D eigenvalue weighted by Crippen LogP contribution is -2.44. The molecule has 0 saturated carbocycles. The molecule has 0 unspecified atom stereocenters. The number of benzene rings is 3. The smallest absolute Gasteiger partial charge is 0.265 e. The third-order valence-electron chi connectivity index (χ3n) is 7.94. The van der Waals surface area contributed by atoms with Crippen molar-refractivity contribution in [1.29, 1.82) is 0 Å². The van der Waals surface area contributed by atoms with Crippen molar-refractivity contribution in [3.63, 3.8) is 0 Å². The Balaban J connectivity index is 1.30. The summed E-state index contributed by atoms with van der Waals surface area (Å²) in [6.45, 7) is 7.28. The number of rotatable bonds is 8. The highest BCUT2D eigenvalue weighted by Gasteiger charge is 2.51. The van der Waals surface area contributed by atoms with Gasteiger partial charge in [-0.3, -0.25) is 9.69 Å². The number of hydrogen-bond donors (Lipinski definition) is 0. The van der Waals surface area contributed by atoms with Crippen molar-refractivity contribution in [2.45, 2.75) is 44.6 Å². The number of halogens is 3. The predicted octanol–water partition coefficient (Wildman–Crippen LogP) is 6.51. The Bertz CT molecular complexity index is 1270. The number of likely N-dealkylation sites (tertiary alicyclic amines) is 1. The average molecular weight is 534 g/mol. The molecule has 5 rings (SSSR count). The van der Waals surface area contributed by atoms with Crippen LogP contribution >= 0.6 is 0 Å². The highest BCUT2D eigenvalue weighted by Crippen LogP contribution is 2.41. The molecule has 0 aromatic heterocycles. The molecule has 0 atom stereocenters. The van der Waals surface area contributed by atoms with Gasteiger partial charge < -0.3 is 4.90 Å². The van der Waals surface area contributed by atoms with Crippen molar-refractivity contribution >= 4 is 11.7 Å². The van der Waals surface area contributed by atoms with Gasteiger partial charge in [0.25, 0.3) is 5.91 Å². The molecule has 0 N–H and O–H groups in total. The third-order valence-corrected chi connectivity index (χ3v) is 7.94. The molecule has 2 aliphatic heterocycles. The van der Waals surface area contributed by atoms with E-state index < -0.39 is 17.2 Å². The Morgan fingerprint density at radius 2 is 1.28 bits per heavy atom. The molecule has 39 heavy (non-hydrogen) atoms. The zero-order valence-electron chi connectivity index (χ0n) is 22.4. The second-order valence-electron chi connectivity index (χ2n) is 10.8. The van der Waals surface area contributed by atoms with Gasteiger partial charge in [-0.15, -0.1) is 0 Å². The molecule has 7 heteroatoms. The van der Waals surface area contributed by atoms with Crippen LogP contribution in [0.2, 0.25) is 0 Å². The lowest BCUT2D eigenvalue weighted by atomic mass is 9.82. The number of amidine groups is 1. The van der Waals surface area contributed by atoms with Crippen molar-refractivity contribution in [1.82, 2.24) is 9.80 Å². The minimum Gasteiger partial charge on any atom is -0.303 e. The van der Waals surface area contributed by atoms with E-state index in [0.717, 1.165) is 38.9 Å². The quantitative estimate of drug-likeness (QED) is 0.331. The van der Waals surface area contributed by atoms with E-state index in [0.29, 0.717) is 29.4 Å². The SMILES string of the molecule is CC(C)C1=NC(c2ccc(F)cc2)(c2ccc(F)cc2)C(=O)N1CCCN1CCC(c2ccc(F)cc2)CC1. The first-order valence-corrected chi connectivity index (χ1v) is 13.7. The molecule has 0 radical (unpaired) electrons. The van der Waals surface area contributed by atoms with E-state index in [1.807, 2.05) is 26.0 Å². The summed E-state index contributed by atoms with van der Waals surface area (Å²) in [5.41, 5.74) is 0.927. The molecule has 204 valence electrons. The third kappa shape index (κ3) is 5.50.